The monoisotopic (exact) mass is 511 g/mol. The number of thioether (sulfide) groups is 1. The largest absolute Gasteiger partial charge is 0.508 e. The summed E-state index contributed by atoms with van der Waals surface area (Å²) < 4.78 is 5.08. The van der Waals surface area contributed by atoms with Crippen molar-refractivity contribution in [2.45, 2.75) is 17.7 Å². The minimum Gasteiger partial charge on any atom is -0.508 e. The number of phenolic OH excluding ortho intramolecular Hbond substituents is 1. The van der Waals surface area contributed by atoms with E-state index in [1.54, 1.807) is 24.3 Å². The number of phenols is 1. The molecule has 2 atom stereocenters. The second-order valence-electron chi connectivity index (χ2n) is 7.68. The molecule has 0 saturated carbocycles. The first-order valence-corrected chi connectivity index (χ1v) is 11.4. The van der Waals surface area contributed by atoms with Gasteiger partial charge in [0.2, 0.25) is 17.7 Å². The van der Waals surface area contributed by atoms with E-state index in [9.17, 15) is 29.4 Å². The molecule has 13 heteroatoms. The predicted octanol–water partition coefficient (Wildman–Crippen LogP) is 1.19. The van der Waals surface area contributed by atoms with Crippen LogP contribution in [-0.2, 0) is 9.59 Å². The standard InChI is InChI=1S/C23H21N5O7S/c1-35-14-8-4-12(5-9-14)24-16(30)10-15-19(31)28-23(36-15)25-18(11-2-6-13(29)7-3-11)17-20(32)26-22(34)27-21(17)33/h2-9,15,18,29H,10H2,1H3,(H,24,30)(H,25,28,31)(H3,26,27,32,33,34). The Hall–Kier alpha value is -4.52. The molecule has 2 heterocycles. The van der Waals surface area contributed by atoms with Gasteiger partial charge in [-0.1, -0.05) is 23.9 Å². The van der Waals surface area contributed by atoms with Crippen LogP contribution in [0, 0.1) is 0 Å². The van der Waals surface area contributed by atoms with Gasteiger partial charge in [0, 0.05) is 12.1 Å². The van der Waals surface area contributed by atoms with E-state index >= 15 is 0 Å². The topological polar surface area (TPSA) is 186 Å². The minimum atomic E-state index is -1.14. The second-order valence-corrected chi connectivity index (χ2v) is 8.87. The summed E-state index contributed by atoms with van der Waals surface area (Å²) in [6, 6.07) is 11.3. The van der Waals surface area contributed by atoms with Crippen molar-refractivity contribution in [2.24, 2.45) is 4.99 Å². The lowest BCUT2D eigenvalue weighted by atomic mass is 10.0. The Morgan fingerprint density at radius 2 is 1.78 bits per heavy atom. The Morgan fingerprint density at radius 3 is 2.42 bits per heavy atom. The molecule has 0 bridgehead atoms. The summed E-state index contributed by atoms with van der Waals surface area (Å²) in [4.78, 5) is 57.6. The highest BCUT2D eigenvalue weighted by Gasteiger charge is 2.33. The van der Waals surface area contributed by atoms with Crippen molar-refractivity contribution in [1.29, 1.82) is 0 Å². The van der Waals surface area contributed by atoms with Crippen molar-refractivity contribution in [3.05, 3.63) is 80.5 Å². The zero-order chi connectivity index (χ0) is 25.8. The molecule has 2 aromatic carbocycles. The number of aromatic hydroxyl groups is 2. The van der Waals surface area contributed by atoms with Gasteiger partial charge in [0.15, 0.2) is 5.17 Å². The third kappa shape index (κ3) is 5.58. The summed E-state index contributed by atoms with van der Waals surface area (Å²) >= 11 is 0.993. The smallest absolute Gasteiger partial charge is 0.328 e. The molecule has 36 heavy (non-hydrogen) atoms. The average molecular weight is 512 g/mol. The lowest BCUT2D eigenvalue weighted by Gasteiger charge is -2.14. The van der Waals surface area contributed by atoms with Gasteiger partial charge in [-0.15, -0.1) is 0 Å². The van der Waals surface area contributed by atoms with Crippen LogP contribution in [0.1, 0.15) is 23.6 Å². The number of benzene rings is 2. The maximum Gasteiger partial charge on any atom is 0.328 e. The fraction of sp³-hybridized carbons (Fsp3) is 0.174. The Balaban J connectivity index is 1.56. The molecule has 1 aromatic heterocycles. The molecule has 1 aliphatic rings. The number of aromatic amines is 2. The summed E-state index contributed by atoms with van der Waals surface area (Å²) in [5, 5.41) is 24.5. The van der Waals surface area contributed by atoms with Crippen molar-refractivity contribution in [1.82, 2.24) is 15.3 Å². The molecule has 186 valence electrons. The summed E-state index contributed by atoms with van der Waals surface area (Å²) in [5.74, 6) is -0.922. The van der Waals surface area contributed by atoms with E-state index in [2.05, 4.69) is 20.6 Å². The lowest BCUT2D eigenvalue weighted by molar-refractivity contribution is -0.122. The quantitative estimate of drug-likeness (QED) is 0.273. The van der Waals surface area contributed by atoms with Crippen LogP contribution in [0.25, 0.3) is 0 Å². The van der Waals surface area contributed by atoms with Gasteiger partial charge >= 0.3 is 5.69 Å². The zero-order valence-corrected chi connectivity index (χ0v) is 19.6. The maximum absolute atomic E-state index is 12.5. The van der Waals surface area contributed by atoms with E-state index in [-0.39, 0.29) is 28.8 Å². The fourth-order valence-corrected chi connectivity index (χ4v) is 4.47. The Kier molecular flexibility index (Phi) is 7.10. The number of aromatic nitrogens is 2. The molecule has 2 amide bonds. The molecular weight excluding hydrogens is 490 g/mol. The molecule has 6 N–H and O–H groups in total. The van der Waals surface area contributed by atoms with E-state index in [0.717, 1.165) is 11.8 Å². The minimum absolute atomic E-state index is 0.0313. The first-order valence-electron chi connectivity index (χ1n) is 10.6. The highest BCUT2D eigenvalue weighted by molar-refractivity contribution is 8.15. The van der Waals surface area contributed by atoms with Crippen molar-refractivity contribution >= 4 is 34.4 Å². The SMILES string of the molecule is COc1ccc(NC(=O)CC2SC(=NC(c3ccc(O)cc3)c3c(O)[nH]c(=O)[nH]c3=O)NC2=O)cc1. The number of amidine groups is 1. The van der Waals surface area contributed by atoms with Crippen molar-refractivity contribution in [3.8, 4) is 17.4 Å². The van der Waals surface area contributed by atoms with Crippen LogP contribution in [0.2, 0.25) is 0 Å². The second kappa shape index (κ2) is 10.4. The lowest BCUT2D eigenvalue weighted by Crippen LogP contribution is -2.29. The number of nitrogens with one attached hydrogen (secondary N) is 4. The Morgan fingerprint density at radius 1 is 1.08 bits per heavy atom. The summed E-state index contributed by atoms with van der Waals surface area (Å²) in [6.45, 7) is 0. The number of ether oxygens (including phenoxy) is 1. The molecule has 4 rings (SSSR count). The van der Waals surface area contributed by atoms with Gasteiger partial charge in [0.1, 0.15) is 28.4 Å². The predicted molar refractivity (Wildman–Crippen MR) is 132 cm³/mol. The number of carbonyl (C=O) groups excluding carboxylic acids is 2. The first kappa shape index (κ1) is 24.6. The number of H-pyrrole nitrogens is 2. The van der Waals surface area contributed by atoms with Crippen molar-refractivity contribution in [3.63, 3.8) is 0 Å². The molecule has 1 saturated heterocycles. The van der Waals surface area contributed by atoms with Gasteiger partial charge in [-0.3, -0.25) is 24.4 Å². The molecule has 12 nitrogen and oxygen atoms in total. The highest BCUT2D eigenvalue weighted by atomic mass is 32.2. The van der Waals surface area contributed by atoms with E-state index in [0.29, 0.717) is 17.0 Å². The van der Waals surface area contributed by atoms with E-state index in [1.807, 2.05) is 4.98 Å². The average Bonchev–Trinajstić information content (AvgIpc) is 3.17. The van der Waals surface area contributed by atoms with Crippen LogP contribution in [0.3, 0.4) is 0 Å². The van der Waals surface area contributed by atoms with Gasteiger partial charge < -0.3 is 25.6 Å². The molecule has 0 aliphatic carbocycles. The van der Waals surface area contributed by atoms with Crippen LogP contribution in [0.15, 0.2) is 63.1 Å². The number of methoxy groups -OCH3 is 1. The normalized spacial score (nSPS) is 17.0. The van der Waals surface area contributed by atoms with Gasteiger partial charge in [0.25, 0.3) is 5.56 Å². The van der Waals surface area contributed by atoms with Crippen molar-refractivity contribution in [2.75, 3.05) is 12.4 Å². The number of rotatable bonds is 7. The van der Waals surface area contributed by atoms with Gasteiger partial charge in [-0.25, -0.2) is 9.79 Å². The molecule has 3 aromatic rings. The Bertz CT molecular complexity index is 1430. The Labute approximate surface area is 207 Å². The molecular formula is C23H21N5O7S. The van der Waals surface area contributed by atoms with Crippen LogP contribution >= 0.6 is 11.8 Å². The number of nitrogens with zero attached hydrogens (tertiary/aromatic N) is 1. The third-order valence-electron chi connectivity index (χ3n) is 5.21. The number of hydrogen-bond acceptors (Lipinski definition) is 9. The molecule has 0 radical (unpaired) electrons. The third-order valence-corrected chi connectivity index (χ3v) is 6.30. The van der Waals surface area contributed by atoms with Crippen LogP contribution in [-0.4, -0.2) is 49.5 Å². The number of hydrogen-bond donors (Lipinski definition) is 6. The molecule has 2 unspecified atom stereocenters. The van der Waals surface area contributed by atoms with Crippen molar-refractivity contribution < 1.29 is 24.5 Å². The molecule has 1 aliphatic heterocycles. The van der Waals surface area contributed by atoms with Crippen LogP contribution in [0.4, 0.5) is 5.69 Å². The summed E-state index contributed by atoms with van der Waals surface area (Å²) in [6.07, 6.45) is -0.143. The summed E-state index contributed by atoms with van der Waals surface area (Å²) in [7, 11) is 1.53. The molecule has 1 fully saturated rings. The fourth-order valence-electron chi connectivity index (χ4n) is 3.47. The highest BCUT2D eigenvalue weighted by Crippen LogP contribution is 2.32. The number of carbonyl (C=O) groups is 2. The summed E-state index contributed by atoms with van der Waals surface area (Å²) in [5.41, 5.74) is -1.10. The number of amides is 2. The number of anilines is 1. The van der Waals surface area contributed by atoms with Gasteiger partial charge in [0.05, 0.1) is 7.11 Å². The van der Waals surface area contributed by atoms with Gasteiger partial charge in [-0.05, 0) is 42.0 Å². The van der Waals surface area contributed by atoms with E-state index in [1.165, 1.54) is 31.4 Å². The van der Waals surface area contributed by atoms with E-state index in [4.69, 9.17) is 4.74 Å². The first-order chi connectivity index (χ1) is 17.2. The maximum atomic E-state index is 12.5. The van der Waals surface area contributed by atoms with Gasteiger partial charge in [-0.2, -0.15) is 0 Å². The van der Waals surface area contributed by atoms with Crippen LogP contribution < -0.4 is 26.6 Å². The van der Waals surface area contributed by atoms with E-state index < -0.39 is 34.3 Å². The zero-order valence-electron chi connectivity index (χ0n) is 18.8. The number of aliphatic imine (C=N–C) groups is 1. The van der Waals surface area contributed by atoms with Crippen LogP contribution in [0.5, 0.6) is 17.4 Å². The molecule has 0 spiro atoms.